The molecule has 0 saturated carbocycles. The minimum Gasteiger partial charge on any atom is -0.480 e. The van der Waals surface area contributed by atoms with Crippen molar-refractivity contribution >= 4 is 47.4 Å². The number of aliphatic imine (C=N–C) groups is 1. The molecule has 0 aliphatic rings. The second kappa shape index (κ2) is 20.5. The van der Waals surface area contributed by atoms with E-state index < -0.39 is 89.9 Å². The van der Waals surface area contributed by atoms with Gasteiger partial charge in [-0.2, -0.15) is 0 Å². The van der Waals surface area contributed by atoms with Crippen molar-refractivity contribution in [2.45, 2.75) is 103 Å². The first-order chi connectivity index (χ1) is 20.9. The minimum absolute atomic E-state index is 0.0219. The summed E-state index contributed by atoms with van der Waals surface area (Å²) in [5, 5.41) is 19.6. The van der Waals surface area contributed by atoms with Crippen LogP contribution in [0.2, 0.25) is 0 Å². The van der Waals surface area contributed by atoms with Crippen molar-refractivity contribution in [3.8, 4) is 0 Å². The van der Waals surface area contributed by atoms with E-state index in [4.69, 9.17) is 28.7 Å². The topological polar surface area (TPSA) is 330 Å². The average molecular weight is 643 g/mol. The number of primary amides is 2. The second-order valence-corrected chi connectivity index (χ2v) is 10.9. The third-order valence-electron chi connectivity index (χ3n) is 7.22. The van der Waals surface area contributed by atoms with Crippen LogP contribution < -0.4 is 49.9 Å². The van der Waals surface area contributed by atoms with Gasteiger partial charge in [0, 0.05) is 13.0 Å². The molecule has 256 valence electrons. The van der Waals surface area contributed by atoms with Crippen LogP contribution in [0.4, 0.5) is 0 Å². The molecule has 7 atom stereocenters. The normalized spacial score (nSPS) is 15.5. The summed E-state index contributed by atoms with van der Waals surface area (Å²) in [6.45, 7) is 6.98. The number of rotatable bonds is 22. The largest absolute Gasteiger partial charge is 0.480 e. The maximum Gasteiger partial charge on any atom is 0.326 e. The molecule has 0 aromatic heterocycles. The van der Waals surface area contributed by atoms with E-state index in [1.807, 2.05) is 0 Å². The van der Waals surface area contributed by atoms with E-state index in [2.05, 4.69) is 26.3 Å². The molecule has 0 rings (SSSR count). The molecule has 0 radical (unpaired) electrons. The van der Waals surface area contributed by atoms with Gasteiger partial charge in [-0.15, -0.1) is 0 Å². The van der Waals surface area contributed by atoms with E-state index in [9.17, 15) is 38.7 Å². The van der Waals surface area contributed by atoms with Gasteiger partial charge < -0.3 is 55.0 Å². The molecule has 18 nitrogen and oxygen atoms in total. The van der Waals surface area contributed by atoms with Crippen LogP contribution in [-0.4, -0.2) is 89.2 Å². The minimum atomic E-state index is -1.40. The van der Waals surface area contributed by atoms with Crippen LogP contribution >= 0.6 is 0 Å². The van der Waals surface area contributed by atoms with Crippen molar-refractivity contribution in [1.29, 1.82) is 0 Å². The average Bonchev–Trinajstić information content (AvgIpc) is 2.95. The monoisotopic (exact) mass is 642 g/mol. The van der Waals surface area contributed by atoms with Crippen molar-refractivity contribution in [3.63, 3.8) is 0 Å². The quantitative estimate of drug-likeness (QED) is 0.0315. The Morgan fingerprint density at radius 2 is 1.18 bits per heavy atom. The Bertz CT molecular complexity index is 1080. The van der Waals surface area contributed by atoms with E-state index >= 15 is 0 Å². The van der Waals surface area contributed by atoms with Gasteiger partial charge in [0.2, 0.25) is 35.4 Å². The van der Waals surface area contributed by atoms with Gasteiger partial charge in [-0.05, 0) is 31.1 Å². The summed E-state index contributed by atoms with van der Waals surface area (Å²) in [6.07, 6.45) is 0.00320. The first-order valence-corrected chi connectivity index (χ1v) is 14.8. The molecular formula is C27H50N10O8. The summed E-state index contributed by atoms with van der Waals surface area (Å²) in [7, 11) is 0. The second-order valence-electron chi connectivity index (χ2n) is 10.9. The number of nitrogens with zero attached hydrogens (tertiary/aromatic N) is 1. The summed E-state index contributed by atoms with van der Waals surface area (Å²) in [4.78, 5) is 91.0. The predicted octanol–water partition coefficient (Wildman–Crippen LogP) is -3.38. The number of guanidine groups is 1. The van der Waals surface area contributed by atoms with E-state index in [1.54, 1.807) is 27.7 Å². The number of amides is 6. The number of nitrogens with one attached hydrogen (secondary N) is 4. The lowest BCUT2D eigenvalue weighted by molar-refractivity contribution is -0.144. The highest BCUT2D eigenvalue weighted by atomic mass is 16.4. The molecule has 0 fully saturated rings. The van der Waals surface area contributed by atoms with Crippen molar-refractivity contribution in [3.05, 3.63) is 0 Å². The van der Waals surface area contributed by atoms with Gasteiger partial charge in [0.05, 0.1) is 12.5 Å². The summed E-state index contributed by atoms with van der Waals surface area (Å²) in [6, 6.07) is -6.44. The molecule has 0 heterocycles. The number of hydrogen-bond donors (Lipinski definition) is 10. The first-order valence-electron chi connectivity index (χ1n) is 14.8. The molecule has 0 aromatic carbocycles. The highest BCUT2D eigenvalue weighted by Crippen LogP contribution is 2.13. The Balaban J connectivity index is 6.13. The van der Waals surface area contributed by atoms with Gasteiger partial charge in [-0.25, -0.2) is 4.79 Å². The van der Waals surface area contributed by atoms with E-state index in [-0.39, 0.29) is 38.2 Å². The lowest BCUT2D eigenvalue weighted by Gasteiger charge is -2.29. The standard InChI is InChI=1S/C27H50N10O8/c1-5-13(3)20(25(43)37-21(26(44)45)14(4)6-2)36-24(42)17(9-10-18(29)38)35-23(41)16(8-7-11-33-27(31)32)34-22(40)15(28)12-19(30)39/h13-17,20-21H,5-12,28H2,1-4H3,(H2,29,38)(H2,30,39)(H,34,40)(H,35,41)(H,36,42)(H,37,43)(H,44,45)(H4,31,32,33)/t13-,14-,15-,16-,17-,20-,21-/m0/s1. The molecule has 0 saturated heterocycles. The smallest absolute Gasteiger partial charge is 0.326 e. The van der Waals surface area contributed by atoms with E-state index in [1.165, 1.54) is 0 Å². The Morgan fingerprint density at radius 1 is 0.689 bits per heavy atom. The third-order valence-corrected chi connectivity index (χ3v) is 7.22. The maximum absolute atomic E-state index is 13.5. The summed E-state index contributed by atoms with van der Waals surface area (Å²) in [5.74, 6) is -7.20. The number of carboxylic acids is 1. The lowest BCUT2D eigenvalue weighted by Crippen LogP contribution is -2.60. The maximum atomic E-state index is 13.5. The summed E-state index contributed by atoms with van der Waals surface area (Å²) >= 11 is 0. The number of nitrogens with two attached hydrogens (primary N) is 5. The zero-order valence-corrected chi connectivity index (χ0v) is 26.3. The molecule has 0 aromatic rings. The van der Waals surface area contributed by atoms with Gasteiger partial charge in [-0.1, -0.05) is 40.5 Å². The molecule has 15 N–H and O–H groups in total. The van der Waals surface area contributed by atoms with Gasteiger partial charge in [0.15, 0.2) is 5.96 Å². The zero-order valence-electron chi connectivity index (χ0n) is 26.3. The molecule has 6 amide bonds. The molecule has 18 heteroatoms. The number of carboxylic acid groups (broad SMARTS) is 1. The van der Waals surface area contributed by atoms with Crippen molar-refractivity contribution < 1.29 is 38.7 Å². The fourth-order valence-electron chi connectivity index (χ4n) is 4.07. The molecule has 0 aliphatic carbocycles. The third kappa shape index (κ3) is 15.7. The lowest BCUT2D eigenvalue weighted by atomic mass is 9.95. The molecular weight excluding hydrogens is 592 g/mol. The first kappa shape index (κ1) is 40.5. The van der Waals surface area contributed by atoms with Gasteiger partial charge in [0.1, 0.15) is 24.2 Å². The van der Waals surface area contributed by atoms with Crippen LogP contribution in [0.25, 0.3) is 0 Å². The fourth-order valence-corrected chi connectivity index (χ4v) is 4.07. The Labute approximate surface area is 262 Å². The van der Waals surface area contributed by atoms with E-state index in [0.717, 1.165) is 0 Å². The van der Waals surface area contributed by atoms with Crippen LogP contribution in [0.3, 0.4) is 0 Å². The molecule has 0 unspecified atom stereocenters. The van der Waals surface area contributed by atoms with Crippen LogP contribution in [0, 0.1) is 11.8 Å². The van der Waals surface area contributed by atoms with Crippen LogP contribution in [-0.2, 0) is 33.6 Å². The fraction of sp³-hybridized carbons (Fsp3) is 0.704. The number of aliphatic carboxylic acids is 1. The molecule has 0 spiro atoms. The molecule has 0 bridgehead atoms. The highest BCUT2D eigenvalue weighted by Gasteiger charge is 2.34. The molecule has 45 heavy (non-hydrogen) atoms. The van der Waals surface area contributed by atoms with Crippen molar-refractivity contribution in [2.75, 3.05) is 6.54 Å². The zero-order chi connectivity index (χ0) is 34.9. The van der Waals surface area contributed by atoms with Crippen LogP contribution in [0.5, 0.6) is 0 Å². The van der Waals surface area contributed by atoms with Gasteiger partial charge >= 0.3 is 5.97 Å². The molecule has 0 aliphatic heterocycles. The number of carbonyl (C=O) groups is 7. The summed E-state index contributed by atoms with van der Waals surface area (Å²) < 4.78 is 0. The van der Waals surface area contributed by atoms with E-state index in [0.29, 0.717) is 12.8 Å². The van der Waals surface area contributed by atoms with Crippen LogP contribution in [0.15, 0.2) is 4.99 Å². The van der Waals surface area contributed by atoms with Crippen LogP contribution in [0.1, 0.15) is 72.6 Å². The number of hydrogen-bond acceptors (Lipinski definition) is 9. The summed E-state index contributed by atoms with van der Waals surface area (Å²) in [5.41, 5.74) is 26.7. The van der Waals surface area contributed by atoms with Gasteiger partial charge in [0.25, 0.3) is 0 Å². The van der Waals surface area contributed by atoms with Crippen molar-refractivity contribution in [2.24, 2.45) is 45.5 Å². The number of carbonyl (C=O) groups excluding carboxylic acids is 6. The Hall–Kier alpha value is -4.48. The van der Waals surface area contributed by atoms with Gasteiger partial charge in [-0.3, -0.25) is 33.8 Å². The van der Waals surface area contributed by atoms with Crippen molar-refractivity contribution in [1.82, 2.24) is 21.3 Å². The Kier molecular flexibility index (Phi) is 18.4. The predicted molar refractivity (Wildman–Crippen MR) is 164 cm³/mol. The SMILES string of the molecule is CC[C@H](C)[C@H](NC(=O)[C@@H](NC(=O)[C@H](CCC(N)=O)NC(=O)[C@H](CCCN=C(N)N)NC(=O)[C@@H](N)CC(N)=O)[C@@H](C)CC)C(=O)O. The highest BCUT2D eigenvalue weighted by molar-refractivity contribution is 5.96. The Morgan fingerprint density at radius 3 is 1.67 bits per heavy atom.